The first-order chi connectivity index (χ1) is 15.6. The summed E-state index contributed by atoms with van der Waals surface area (Å²) in [7, 11) is 0. The average molecular weight is 426 g/mol. The molecular weight excluding hydrogens is 407 g/mol. The fourth-order valence-corrected chi connectivity index (χ4v) is 3.80. The molecule has 158 valence electrons. The number of carbonyl (C=O) groups excluding carboxylic acids is 2. The summed E-state index contributed by atoms with van der Waals surface area (Å²) in [5, 5.41) is 6.99. The Balaban J connectivity index is 1.27. The molecule has 2 amide bonds. The second-order valence-electron chi connectivity index (χ2n) is 7.49. The molecule has 0 saturated heterocycles. The molecule has 0 aliphatic carbocycles. The molecule has 1 aliphatic heterocycles. The van der Waals surface area contributed by atoms with Gasteiger partial charge in [-0.1, -0.05) is 24.3 Å². The topological polar surface area (TPSA) is 67.2 Å². The van der Waals surface area contributed by atoms with Crippen LogP contribution in [-0.4, -0.2) is 28.1 Å². The second kappa shape index (κ2) is 8.11. The van der Waals surface area contributed by atoms with Crippen molar-refractivity contribution in [2.45, 2.75) is 6.42 Å². The van der Waals surface area contributed by atoms with E-state index in [2.05, 4.69) is 10.4 Å². The Morgan fingerprint density at radius 1 is 0.938 bits per heavy atom. The van der Waals surface area contributed by atoms with Crippen LogP contribution in [0.4, 0.5) is 15.8 Å². The molecule has 0 radical (unpaired) electrons. The van der Waals surface area contributed by atoms with Crippen molar-refractivity contribution in [3.8, 4) is 5.69 Å². The Morgan fingerprint density at radius 2 is 1.75 bits per heavy atom. The van der Waals surface area contributed by atoms with Crippen molar-refractivity contribution in [1.29, 1.82) is 0 Å². The van der Waals surface area contributed by atoms with E-state index in [1.165, 1.54) is 22.4 Å². The van der Waals surface area contributed by atoms with Gasteiger partial charge in [-0.05, 0) is 66.6 Å². The third-order valence-corrected chi connectivity index (χ3v) is 5.42. The summed E-state index contributed by atoms with van der Waals surface area (Å²) < 4.78 is 14.9. The zero-order valence-corrected chi connectivity index (χ0v) is 17.0. The fourth-order valence-electron chi connectivity index (χ4n) is 3.80. The molecule has 6 nitrogen and oxygen atoms in total. The maximum absolute atomic E-state index is 13.4. The highest BCUT2D eigenvalue weighted by atomic mass is 19.1. The number of hydrogen-bond donors (Lipinski definition) is 1. The number of aromatic nitrogens is 2. The van der Waals surface area contributed by atoms with Crippen molar-refractivity contribution in [1.82, 2.24) is 9.78 Å². The number of carbonyl (C=O) groups is 2. The van der Waals surface area contributed by atoms with Crippen molar-refractivity contribution < 1.29 is 14.0 Å². The first-order valence-electron chi connectivity index (χ1n) is 10.2. The van der Waals surface area contributed by atoms with Gasteiger partial charge in [0.25, 0.3) is 11.8 Å². The van der Waals surface area contributed by atoms with E-state index < -0.39 is 5.91 Å². The summed E-state index contributed by atoms with van der Waals surface area (Å²) in [6.07, 6.45) is 2.44. The van der Waals surface area contributed by atoms with Crippen LogP contribution >= 0.6 is 0 Å². The summed E-state index contributed by atoms with van der Waals surface area (Å²) in [5.41, 5.74) is 3.94. The number of nitrogens with one attached hydrogen (secondary N) is 1. The quantitative estimate of drug-likeness (QED) is 0.524. The summed E-state index contributed by atoms with van der Waals surface area (Å²) >= 11 is 0. The highest BCUT2D eigenvalue weighted by molar-refractivity contribution is 6.08. The van der Waals surface area contributed by atoms with Gasteiger partial charge in [0.15, 0.2) is 5.69 Å². The summed E-state index contributed by atoms with van der Waals surface area (Å²) in [4.78, 5) is 27.3. The number of rotatable bonds is 4. The van der Waals surface area contributed by atoms with Crippen molar-refractivity contribution in [3.05, 3.63) is 108 Å². The minimum Gasteiger partial charge on any atom is -0.321 e. The normalized spacial score (nSPS) is 12.5. The molecule has 0 saturated carbocycles. The maximum atomic E-state index is 13.4. The minimum atomic E-state index is -0.396. The van der Waals surface area contributed by atoms with Gasteiger partial charge in [-0.15, -0.1) is 0 Å². The Kier molecular flexibility index (Phi) is 4.99. The molecule has 1 aliphatic rings. The summed E-state index contributed by atoms with van der Waals surface area (Å²) in [6, 6.07) is 22.2. The fraction of sp³-hybridized carbons (Fsp3) is 0.0800. The molecule has 0 spiro atoms. The Hall–Kier alpha value is -4.26. The molecule has 1 N–H and O–H groups in total. The van der Waals surface area contributed by atoms with Gasteiger partial charge < -0.3 is 10.2 Å². The van der Waals surface area contributed by atoms with Crippen LogP contribution in [0, 0.1) is 5.82 Å². The molecule has 2 heterocycles. The summed E-state index contributed by atoms with van der Waals surface area (Å²) in [6.45, 7) is 0.657. The van der Waals surface area contributed by atoms with Crippen molar-refractivity contribution in [2.24, 2.45) is 0 Å². The maximum Gasteiger partial charge on any atom is 0.276 e. The Morgan fingerprint density at radius 3 is 2.56 bits per heavy atom. The van der Waals surface area contributed by atoms with E-state index in [1.807, 2.05) is 24.3 Å². The van der Waals surface area contributed by atoms with Gasteiger partial charge in [0, 0.05) is 29.7 Å². The standard InChI is InChI=1S/C25H19FN4O2/c26-19-5-3-6-21(16-19)30-15-13-22(28-30)24(31)27-20-10-8-18(9-11-20)25(32)29-14-12-17-4-1-2-7-23(17)29/h1-11,13,15-16H,12,14H2,(H,27,31). The zero-order chi connectivity index (χ0) is 22.1. The van der Waals surface area contributed by atoms with Crippen LogP contribution in [-0.2, 0) is 6.42 Å². The number of amides is 2. The van der Waals surface area contributed by atoms with Gasteiger partial charge in [0.2, 0.25) is 0 Å². The van der Waals surface area contributed by atoms with Crippen LogP contribution in [0.1, 0.15) is 26.4 Å². The highest BCUT2D eigenvalue weighted by Crippen LogP contribution is 2.29. The Bertz CT molecular complexity index is 1310. The predicted octanol–water partition coefficient (Wildman–Crippen LogP) is 4.47. The number of benzene rings is 3. The number of nitrogens with zero attached hydrogens (tertiary/aromatic N) is 3. The van der Waals surface area contributed by atoms with Gasteiger partial charge in [-0.2, -0.15) is 5.10 Å². The lowest BCUT2D eigenvalue weighted by Gasteiger charge is -2.17. The van der Waals surface area contributed by atoms with Crippen LogP contribution < -0.4 is 10.2 Å². The van der Waals surface area contributed by atoms with Gasteiger partial charge in [0.1, 0.15) is 5.82 Å². The van der Waals surface area contributed by atoms with Gasteiger partial charge >= 0.3 is 0 Å². The van der Waals surface area contributed by atoms with Crippen LogP contribution in [0.15, 0.2) is 85.1 Å². The van der Waals surface area contributed by atoms with E-state index in [0.717, 1.165) is 12.1 Å². The van der Waals surface area contributed by atoms with Gasteiger partial charge in [-0.3, -0.25) is 9.59 Å². The Labute approximate surface area is 183 Å². The largest absolute Gasteiger partial charge is 0.321 e. The lowest BCUT2D eigenvalue weighted by molar-refractivity contribution is 0.0988. The van der Waals surface area contributed by atoms with Crippen LogP contribution in [0.3, 0.4) is 0 Å². The lowest BCUT2D eigenvalue weighted by atomic mass is 10.1. The second-order valence-corrected chi connectivity index (χ2v) is 7.49. The first-order valence-corrected chi connectivity index (χ1v) is 10.2. The smallest absolute Gasteiger partial charge is 0.276 e. The molecule has 1 aromatic heterocycles. The van der Waals surface area contributed by atoms with Crippen LogP contribution in [0.5, 0.6) is 0 Å². The van der Waals surface area contributed by atoms with Gasteiger partial charge in [0.05, 0.1) is 5.69 Å². The van der Waals surface area contributed by atoms with E-state index in [9.17, 15) is 14.0 Å². The molecule has 5 rings (SSSR count). The molecule has 7 heteroatoms. The molecule has 0 fully saturated rings. The number of fused-ring (bicyclic) bond motifs is 1. The van der Waals surface area contributed by atoms with E-state index in [1.54, 1.807) is 53.6 Å². The van der Waals surface area contributed by atoms with Crippen LogP contribution in [0.2, 0.25) is 0 Å². The molecular formula is C25H19FN4O2. The van der Waals surface area contributed by atoms with E-state index in [0.29, 0.717) is 23.5 Å². The monoisotopic (exact) mass is 426 g/mol. The van der Waals surface area contributed by atoms with Crippen molar-refractivity contribution in [2.75, 3.05) is 16.8 Å². The van der Waals surface area contributed by atoms with E-state index in [4.69, 9.17) is 0 Å². The predicted molar refractivity (Wildman–Crippen MR) is 120 cm³/mol. The highest BCUT2D eigenvalue weighted by Gasteiger charge is 2.25. The van der Waals surface area contributed by atoms with Crippen molar-refractivity contribution >= 4 is 23.2 Å². The van der Waals surface area contributed by atoms with Gasteiger partial charge in [-0.25, -0.2) is 9.07 Å². The molecule has 0 bridgehead atoms. The molecule has 3 aromatic carbocycles. The molecule has 0 unspecified atom stereocenters. The molecule has 32 heavy (non-hydrogen) atoms. The zero-order valence-electron chi connectivity index (χ0n) is 17.0. The number of anilines is 2. The minimum absolute atomic E-state index is 0.0679. The van der Waals surface area contributed by atoms with Crippen LogP contribution in [0.25, 0.3) is 5.69 Å². The SMILES string of the molecule is O=C(Nc1ccc(C(=O)N2CCc3ccccc32)cc1)c1ccn(-c2cccc(F)c2)n1. The average Bonchev–Trinajstić information content (AvgIpc) is 3.47. The lowest BCUT2D eigenvalue weighted by Crippen LogP contribution is -2.28. The van der Waals surface area contributed by atoms with Crippen molar-refractivity contribution in [3.63, 3.8) is 0 Å². The summed E-state index contributed by atoms with van der Waals surface area (Å²) in [5.74, 6) is -0.842. The van der Waals surface area contributed by atoms with E-state index in [-0.39, 0.29) is 17.4 Å². The molecule has 4 aromatic rings. The number of para-hydroxylation sites is 1. The third-order valence-electron chi connectivity index (χ3n) is 5.42. The molecule has 0 atom stereocenters. The number of halogens is 1. The van der Waals surface area contributed by atoms with E-state index >= 15 is 0 Å². The number of hydrogen-bond acceptors (Lipinski definition) is 3. The first kappa shape index (κ1) is 19.7. The third kappa shape index (κ3) is 3.76.